The maximum atomic E-state index is 10.3. The Morgan fingerprint density at radius 1 is 1.57 bits per heavy atom. The Balaban J connectivity index is 2.58. The Morgan fingerprint density at radius 3 is 3.00 bits per heavy atom. The molecule has 0 aliphatic rings. The lowest BCUT2D eigenvalue weighted by Gasteiger charge is -2.06. The second-order valence-electron chi connectivity index (χ2n) is 3.41. The average molecular weight is 194 g/mol. The summed E-state index contributed by atoms with van der Waals surface area (Å²) in [5.74, 6) is 0.438. The predicted octanol–water partition coefficient (Wildman–Crippen LogP) is 1.25. The molecule has 0 atom stereocenters. The normalized spacial score (nSPS) is 10.2. The lowest BCUT2D eigenvalue weighted by Crippen LogP contribution is -2.07. The molecule has 4 heteroatoms. The van der Waals surface area contributed by atoms with E-state index in [0.29, 0.717) is 30.7 Å². The zero-order chi connectivity index (χ0) is 10.4. The molecule has 1 heterocycles. The van der Waals surface area contributed by atoms with E-state index >= 15 is 0 Å². The van der Waals surface area contributed by atoms with Gasteiger partial charge in [-0.25, -0.2) is 4.98 Å². The van der Waals surface area contributed by atoms with Crippen LogP contribution in [0.5, 0.6) is 6.01 Å². The fourth-order valence-corrected chi connectivity index (χ4v) is 0.886. The van der Waals surface area contributed by atoms with Gasteiger partial charge in [0.15, 0.2) is 0 Å². The van der Waals surface area contributed by atoms with Gasteiger partial charge >= 0.3 is 6.01 Å². The van der Waals surface area contributed by atoms with E-state index in [-0.39, 0.29) is 0 Å². The third-order valence-electron chi connectivity index (χ3n) is 1.53. The highest BCUT2D eigenvalue weighted by Crippen LogP contribution is 2.04. The van der Waals surface area contributed by atoms with E-state index in [1.165, 1.54) is 0 Å². The van der Waals surface area contributed by atoms with E-state index in [1.54, 1.807) is 12.3 Å². The van der Waals surface area contributed by atoms with Gasteiger partial charge in [0.1, 0.15) is 6.29 Å². The minimum atomic E-state index is 0.306. The number of rotatable bonds is 5. The van der Waals surface area contributed by atoms with Crippen LogP contribution in [-0.2, 0) is 11.2 Å². The Bertz CT molecular complexity index is 300. The first-order chi connectivity index (χ1) is 6.72. The third-order valence-corrected chi connectivity index (χ3v) is 1.53. The van der Waals surface area contributed by atoms with E-state index < -0.39 is 0 Å². The summed E-state index contributed by atoms with van der Waals surface area (Å²) in [4.78, 5) is 18.3. The molecule has 0 radical (unpaired) electrons. The molecule has 0 fully saturated rings. The molecule has 1 aromatic rings. The molecule has 0 saturated heterocycles. The van der Waals surface area contributed by atoms with E-state index in [0.717, 1.165) is 6.29 Å². The van der Waals surface area contributed by atoms with Gasteiger partial charge in [-0.2, -0.15) is 4.98 Å². The first kappa shape index (κ1) is 10.6. The molecule has 14 heavy (non-hydrogen) atoms. The fourth-order valence-electron chi connectivity index (χ4n) is 0.886. The minimum absolute atomic E-state index is 0.306. The summed E-state index contributed by atoms with van der Waals surface area (Å²) >= 11 is 0. The van der Waals surface area contributed by atoms with Crippen LogP contribution in [0.15, 0.2) is 12.3 Å². The molecule has 0 N–H and O–H groups in total. The van der Waals surface area contributed by atoms with Crippen LogP contribution in [-0.4, -0.2) is 22.9 Å². The van der Waals surface area contributed by atoms with Crippen molar-refractivity contribution >= 4 is 6.29 Å². The summed E-state index contributed by atoms with van der Waals surface area (Å²) in [5, 5.41) is 0. The van der Waals surface area contributed by atoms with Crippen molar-refractivity contribution < 1.29 is 9.53 Å². The van der Waals surface area contributed by atoms with Crippen molar-refractivity contribution in [2.75, 3.05) is 6.61 Å². The first-order valence-corrected chi connectivity index (χ1v) is 4.60. The summed E-state index contributed by atoms with van der Waals surface area (Å²) in [6, 6.07) is 2.05. The van der Waals surface area contributed by atoms with Gasteiger partial charge in [0.2, 0.25) is 0 Å². The standard InChI is InChI=1S/C10H14N2O2/c1-8(2)7-14-10-11-5-3-9(12-10)4-6-13/h3,5-6,8H,4,7H2,1-2H3. The van der Waals surface area contributed by atoms with Gasteiger partial charge in [-0.15, -0.1) is 0 Å². The molecule has 0 spiro atoms. The minimum Gasteiger partial charge on any atom is -0.463 e. The van der Waals surface area contributed by atoms with Crippen LogP contribution in [0.2, 0.25) is 0 Å². The van der Waals surface area contributed by atoms with Crippen molar-refractivity contribution in [3.05, 3.63) is 18.0 Å². The molecule has 0 amide bonds. The van der Waals surface area contributed by atoms with Crippen LogP contribution < -0.4 is 4.74 Å². The van der Waals surface area contributed by atoms with Gasteiger partial charge in [-0.1, -0.05) is 13.8 Å². The molecular formula is C10H14N2O2. The van der Waals surface area contributed by atoms with Gasteiger partial charge in [0.25, 0.3) is 0 Å². The first-order valence-electron chi connectivity index (χ1n) is 4.60. The topological polar surface area (TPSA) is 52.1 Å². The Labute approximate surface area is 83.3 Å². The number of aromatic nitrogens is 2. The van der Waals surface area contributed by atoms with Gasteiger partial charge < -0.3 is 9.53 Å². The highest BCUT2D eigenvalue weighted by atomic mass is 16.5. The quantitative estimate of drug-likeness (QED) is 0.662. The summed E-state index contributed by atoms with van der Waals surface area (Å²) < 4.78 is 5.32. The molecule has 0 bridgehead atoms. The zero-order valence-electron chi connectivity index (χ0n) is 8.43. The molecule has 0 aliphatic carbocycles. The Hall–Kier alpha value is -1.45. The van der Waals surface area contributed by atoms with Crippen molar-refractivity contribution in [2.24, 2.45) is 5.92 Å². The van der Waals surface area contributed by atoms with E-state index in [1.807, 2.05) is 0 Å². The number of ether oxygens (including phenoxy) is 1. The molecule has 0 saturated carbocycles. The van der Waals surface area contributed by atoms with Crippen LogP contribution in [0.1, 0.15) is 19.5 Å². The SMILES string of the molecule is CC(C)COc1nccc(CC=O)n1. The molecular weight excluding hydrogens is 180 g/mol. The van der Waals surface area contributed by atoms with Crippen molar-refractivity contribution in [1.82, 2.24) is 9.97 Å². The van der Waals surface area contributed by atoms with Gasteiger partial charge in [0.05, 0.1) is 12.3 Å². The summed E-state index contributed by atoms with van der Waals surface area (Å²) in [6.45, 7) is 4.69. The van der Waals surface area contributed by atoms with Crippen LogP contribution in [0.3, 0.4) is 0 Å². The Kier molecular flexibility index (Phi) is 4.04. The average Bonchev–Trinajstić information content (AvgIpc) is 2.16. The maximum Gasteiger partial charge on any atom is 0.316 e. The van der Waals surface area contributed by atoms with Crippen molar-refractivity contribution in [1.29, 1.82) is 0 Å². The highest BCUT2D eigenvalue weighted by molar-refractivity contribution is 5.53. The summed E-state index contributed by atoms with van der Waals surface area (Å²) in [7, 11) is 0. The number of hydrogen-bond donors (Lipinski definition) is 0. The lowest BCUT2D eigenvalue weighted by atomic mass is 10.2. The van der Waals surface area contributed by atoms with E-state index in [2.05, 4.69) is 23.8 Å². The Morgan fingerprint density at radius 2 is 2.36 bits per heavy atom. The molecule has 1 aromatic heterocycles. The largest absolute Gasteiger partial charge is 0.463 e. The van der Waals surface area contributed by atoms with Crippen molar-refractivity contribution in [2.45, 2.75) is 20.3 Å². The van der Waals surface area contributed by atoms with Crippen molar-refractivity contribution in [3.63, 3.8) is 0 Å². The molecule has 0 unspecified atom stereocenters. The number of carbonyl (C=O) groups excluding carboxylic acids is 1. The fraction of sp³-hybridized carbons (Fsp3) is 0.500. The summed E-state index contributed by atoms with van der Waals surface area (Å²) in [5.41, 5.74) is 0.689. The zero-order valence-corrected chi connectivity index (χ0v) is 8.43. The van der Waals surface area contributed by atoms with Crippen LogP contribution in [0.25, 0.3) is 0 Å². The van der Waals surface area contributed by atoms with Gasteiger partial charge in [-0.05, 0) is 12.0 Å². The van der Waals surface area contributed by atoms with Crippen LogP contribution in [0, 0.1) is 5.92 Å². The number of nitrogens with zero attached hydrogens (tertiary/aromatic N) is 2. The van der Waals surface area contributed by atoms with Crippen LogP contribution in [0.4, 0.5) is 0 Å². The van der Waals surface area contributed by atoms with Gasteiger partial charge in [-0.3, -0.25) is 0 Å². The molecule has 0 aliphatic heterocycles. The summed E-state index contributed by atoms with van der Waals surface area (Å²) in [6.07, 6.45) is 2.72. The smallest absolute Gasteiger partial charge is 0.316 e. The number of carbonyl (C=O) groups is 1. The number of aldehydes is 1. The second-order valence-corrected chi connectivity index (χ2v) is 3.41. The predicted molar refractivity (Wildman–Crippen MR) is 52.1 cm³/mol. The van der Waals surface area contributed by atoms with E-state index in [4.69, 9.17) is 4.74 Å². The molecule has 1 rings (SSSR count). The van der Waals surface area contributed by atoms with Crippen molar-refractivity contribution in [3.8, 4) is 6.01 Å². The lowest BCUT2D eigenvalue weighted by molar-refractivity contribution is -0.107. The molecule has 4 nitrogen and oxygen atoms in total. The number of hydrogen-bond acceptors (Lipinski definition) is 4. The molecule has 0 aromatic carbocycles. The van der Waals surface area contributed by atoms with Crippen LogP contribution >= 0.6 is 0 Å². The molecule has 76 valence electrons. The second kappa shape index (κ2) is 5.32. The monoisotopic (exact) mass is 194 g/mol. The van der Waals surface area contributed by atoms with E-state index in [9.17, 15) is 4.79 Å². The maximum absolute atomic E-state index is 10.3. The van der Waals surface area contributed by atoms with Gasteiger partial charge in [0, 0.05) is 12.6 Å². The highest BCUT2D eigenvalue weighted by Gasteiger charge is 2.01. The third kappa shape index (κ3) is 3.51.